The van der Waals surface area contributed by atoms with Gasteiger partial charge in [-0.25, -0.2) is 4.98 Å². The number of pyridine rings is 1. The van der Waals surface area contributed by atoms with Gasteiger partial charge in [-0.3, -0.25) is 19.2 Å². The maximum Gasteiger partial charge on any atom is 0.261 e. The highest BCUT2D eigenvalue weighted by Gasteiger charge is 2.31. The van der Waals surface area contributed by atoms with Gasteiger partial charge in [0, 0.05) is 24.3 Å². The highest BCUT2D eigenvalue weighted by Crippen LogP contribution is 2.26. The maximum absolute atomic E-state index is 12.9. The summed E-state index contributed by atoms with van der Waals surface area (Å²) in [7, 11) is 0. The zero-order valence-corrected chi connectivity index (χ0v) is 13.4. The Kier molecular flexibility index (Phi) is 3.03. The fourth-order valence-corrected chi connectivity index (χ4v) is 3.97. The first-order chi connectivity index (χ1) is 11.8. The summed E-state index contributed by atoms with van der Waals surface area (Å²) < 4.78 is 1.88. The van der Waals surface area contributed by atoms with E-state index in [0.29, 0.717) is 11.4 Å². The summed E-state index contributed by atoms with van der Waals surface area (Å²) in [5, 5.41) is 0.699. The molecular weight excluding hydrogens is 300 g/mol. The molecule has 0 radical (unpaired) electrons. The summed E-state index contributed by atoms with van der Waals surface area (Å²) in [6.45, 7) is 2.68. The van der Waals surface area contributed by atoms with Crippen LogP contribution < -0.4 is 5.56 Å². The summed E-state index contributed by atoms with van der Waals surface area (Å²) in [6.07, 6.45) is 4.18. The molecule has 0 spiro atoms. The molecule has 4 heterocycles. The van der Waals surface area contributed by atoms with Crippen molar-refractivity contribution in [3.8, 4) is 11.3 Å². The summed E-state index contributed by atoms with van der Waals surface area (Å²) in [4.78, 5) is 24.6. The molecule has 120 valence electrons. The first-order valence-corrected chi connectivity index (χ1v) is 8.48. The molecule has 1 atom stereocenters. The predicted octanol–water partition coefficient (Wildman–Crippen LogP) is 2.44. The van der Waals surface area contributed by atoms with Crippen molar-refractivity contribution in [3.63, 3.8) is 0 Å². The number of aromatic nitrogens is 3. The number of fused-ring (bicyclic) bond motifs is 3. The van der Waals surface area contributed by atoms with Gasteiger partial charge in [-0.15, -0.1) is 0 Å². The first-order valence-electron chi connectivity index (χ1n) is 8.48. The number of nitrogens with zero attached hydrogens (tertiary/aromatic N) is 4. The van der Waals surface area contributed by atoms with E-state index in [1.165, 1.54) is 12.8 Å². The van der Waals surface area contributed by atoms with Crippen LogP contribution >= 0.6 is 0 Å². The van der Waals surface area contributed by atoms with Crippen LogP contribution in [0.15, 0.2) is 47.4 Å². The molecular formula is C19H18N4O. The molecule has 2 aliphatic heterocycles. The Labute approximate surface area is 139 Å². The quantitative estimate of drug-likeness (QED) is 0.691. The molecule has 24 heavy (non-hydrogen) atoms. The Morgan fingerprint density at radius 1 is 1.17 bits per heavy atom. The molecule has 1 fully saturated rings. The predicted molar refractivity (Wildman–Crippen MR) is 92.7 cm³/mol. The highest BCUT2D eigenvalue weighted by atomic mass is 16.1. The van der Waals surface area contributed by atoms with E-state index in [2.05, 4.69) is 9.88 Å². The van der Waals surface area contributed by atoms with E-state index in [9.17, 15) is 4.79 Å². The van der Waals surface area contributed by atoms with Crippen LogP contribution in [-0.4, -0.2) is 32.0 Å². The van der Waals surface area contributed by atoms with Crippen LogP contribution in [0.2, 0.25) is 0 Å². The molecule has 0 saturated carbocycles. The lowest BCUT2D eigenvalue weighted by Crippen LogP contribution is -2.43. The normalized spacial score (nSPS) is 20.1. The standard InChI is InChI=1S/C19H18N4O/c24-19-15-7-6-13(16-5-1-2-8-20-16)10-17(15)21-18-12-22-9-3-4-14(22)11-23(18)19/h1-2,5-8,10,14H,3-4,9,11-12H2/t14-/m0/s1. The molecule has 0 amide bonds. The van der Waals surface area contributed by atoms with E-state index in [-0.39, 0.29) is 5.56 Å². The van der Waals surface area contributed by atoms with E-state index < -0.39 is 0 Å². The summed E-state index contributed by atoms with van der Waals surface area (Å²) in [6, 6.07) is 12.2. The molecule has 5 rings (SSSR count). The topological polar surface area (TPSA) is 51.0 Å². The molecule has 0 bridgehead atoms. The molecule has 0 N–H and O–H groups in total. The zero-order chi connectivity index (χ0) is 16.1. The van der Waals surface area contributed by atoms with Crippen molar-refractivity contribution >= 4 is 10.9 Å². The van der Waals surface area contributed by atoms with Crippen molar-refractivity contribution in [2.24, 2.45) is 0 Å². The minimum absolute atomic E-state index is 0.0918. The van der Waals surface area contributed by atoms with Crippen molar-refractivity contribution < 1.29 is 0 Å². The Bertz CT molecular complexity index is 980. The van der Waals surface area contributed by atoms with Crippen molar-refractivity contribution in [1.82, 2.24) is 19.4 Å². The van der Waals surface area contributed by atoms with Crippen molar-refractivity contribution in [2.75, 3.05) is 6.54 Å². The van der Waals surface area contributed by atoms with Crippen LogP contribution in [0.3, 0.4) is 0 Å². The lowest BCUT2D eigenvalue weighted by molar-refractivity contribution is 0.181. The molecule has 5 nitrogen and oxygen atoms in total. The Morgan fingerprint density at radius 2 is 2.12 bits per heavy atom. The molecule has 0 unspecified atom stereocenters. The van der Waals surface area contributed by atoms with Crippen LogP contribution in [-0.2, 0) is 13.1 Å². The summed E-state index contributed by atoms with van der Waals surface area (Å²) in [5.41, 5.74) is 2.76. The lowest BCUT2D eigenvalue weighted by atomic mass is 10.1. The number of hydrogen-bond donors (Lipinski definition) is 0. The van der Waals surface area contributed by atoms with Crippen LogP contribution in [0.25, 0.3) is 22.2 Å². The number of rotatable bonds is 1. The van der Waals surface area contributed by atoms with Gasteiger partial charge in [0.05, 0.1) is 23.1 Å². The van der Waals surface area contributed by atoms with E-state index >= 15 is 0 Å². The largest absolute Gasteiger partial charge is 0.293 e. The van der Waals surface area contributed by atoms with E-state index in [4.69, 9.17) is 4.98 Å². The van der Waals surface area contributed by atoms with Gasteiger partial charge in [-0.05, 0) is 43.7 Å². The Balaban J connectivity index is 1.67. The first kappa shape index (κ1) is 13.9. The third-order valence-corrected chi connectivity index (χ3v) is 5.23. The van der Waals surface area contributed by atoms with Gasteiger partial charge >= 0.3 is 0 Å². The van der Waals surface area contributed by atoms with Crippen LogP contribution in [0, 0.1) is 0 Å². The van der Waals surface area contributed by atoms with Crippen molar-refractivity contribution in [1.29, 1.82) is 0 Å². The van der Waals surface area contributed by atoms with Crippen LogP contribution in [0.5, 0.6) is 0 Å². The molecule has 2 aliphatic rings. The fraction of sp³-hybridized carbons (Fsp3) is 0.316. The van der Waals surface area contributed by atoms with Gasteiger partial charge < -0.3 is 0 Å². The van der Waals surface area contributed by atoms with Gasteiger partial charge in [0.2, 0.25) is 0 Å². The number of hydrogen-bond acceptors (Lipinski definition) is 4. The van der Waals surface area contributed by atoms with Gasteiger partial charge in [-0.2, -0.15) is 0 Å². The van der Waals surface area contributed by atoms with Crippen LogP contribution in [0.1, 0.15) is 18.7 Å². The molecule has 1 aromatic carbocycles. The molecule has 2 aromatic heterocycles. The van der Waals surface area contributed by atoms with Gasteiger partial charge in [0.25, 0.3) is 5.56 Å². The Morgan fingerprint density at radius 3 is 3.00 bits per heavy atom. The minimum atomic E-state index is 0.0918. The average molecular weight is 318 g/mol. The fourth-order valence-electron chi connectivity index (χ4n) is 3.97. The smallest absolute Gasteiger partial charge is 0.261 e. The second kappa shape index (κ2) is 5.24. The third-order valence-electron chi connectivity index (χ3n) is 5.23. The lowest BCUT2D eigenvalue weighted by Gasteiger charge is -2.31. The SMILES string of the molecule is O=c1c2ccc(-c3ccccn3)cc2nc2n1C[C@@H]1CCCN1C2. The van der Waals surface area contributed by atoms with Crippen LogP contribution in [0.4, 0.5) is 0 Å². The molecule has 3 aromatic rings. The number of benzene rings is 1. The van der Waals surface area contributed by atoms with Gasteiger partial charge in [0.1, 0.15) is 5.82 Å². The summed E-state index contributed by atoms with van der Waals surface area (Å²) in [5.74, 6) is 0.892. The third kappa shape index (κ3) is 2.08. The van der Waals surface area contributed by atoms with Crippen molar-refractivity contribution in [3.05, 3.63) is 58.8 Å². The van der Waals surface area contributed by atoms with E-state index in [0.717, 1.165) is 42.2 Å². The van der Waals surface area contributed by atoms with Gasteiger partial charge in [-0.1, -0.05) is 12.1 Å². The summed E-state index contributed by atoms with van der Waals surface area (Å²) >= 11 is 0. The van der Waals surface area contributed by atoms with E-state index in [1.54, 1.807) is 6.20 Å². The average Bonchev–Trinajstić information content (AvgIpc) is 3.08. The van der Waals surface area contributed by atoms with E-state index in [1.807, 2.05) is 41.0 Å². The molecule has 5 heteroatoms. The zero-order valence-electron chi connectivity index (χ0n) is 13.4. The highest BCUT2D eigenvalue weighted by molar-refractivity contribution is 5.83. The van der Waals surface area contributed by atoms with Crippen molar-refractivity contribution in [2.45, 2.75) is 32.0 Å². The Hall–Kier alpha value is -2.53. The minimum Gasteiger partial charge on any atom is -0.293 e. The molecule has 0 aliphatic carbocycles. The second-order valence-electron chi connectivity index (χ2n) is 6.66. The molecule has 1 saturated heterocycles. The monoisotopic (exact) mass is 318 g/mol. The van der Waals surface area contributed by atoms with Gasteiger partial charge in [0.15, 0.2) is 0 Å². The second-order valence-corrected chi connectivity index (χ2v) is 6.66. The maximum atomic E-state index is 12.9.